The molecule has 0 aliphatic heterocycles. The molecule has 0 atom stereocenters. The molecule has 0 spiro atoms. The molecule has 0 aliphatic rings. The van der Waals surface area contributed by atoms with Crippen molar-refractivity contribution in [2.75, 3.05) is 24.9 Å². The summed E-state index contributed by atoms with van der Waals surface area (Å²) >= 11 is 12.0. The Kier molecular flexibility index (Phi) is 17.8. The third-order valence-corrected chi connectivity index (χ3v) is 13.3. The predicted molar refractivity (Wildman–Crippen MR) is 275 cm³/mol. The van der Waals surface area contributed by atoms with Crippen LogP contribution < -0.4 is 25.2 Å². The van der Waals surface area contributed by atoms with Gasteiger partial charge in [0.25, 0.3) is 21.9 Å². The van der Waals surface area contributed by atoms with E-state index in [4.69, 9.17) is 32.7 Å². The first-order valence-electron chi connectivity index (χ1n) is 20.9. The fourth-order valence-corrected chi connectivity index (χ4v) is 8.69. The number of hydrogen-bond acceptors (Lipinski definition) is 15. The van der Waals surface area contributed by atoms with Gasteiger partial charge in [-0.05, 0) is 121 Å². The number of azo groups is 2. The van der Waals surface area contributed by atoms with Crippen LogP contribution in [-0.2, 0) is 20.2 Å². The van der Waals surface area contributed by atoms with E-state index in [1.54, 1.807) is 111 Å². The number of anilines is 2. The summed E-state index contributed by atoms with van der Waals surface area (Å²) in [5.74, 6) is -1.23. The molecule has 0 unspecified atom stereocenters. The molecular formula is C50H38CaCl2N6O12S2. The summed E-state index contributed by atoms with van der Waals surface area (Å²) in [5.41, 5.74) is 0.918. The fraction of sp³-hybridized carbons (Fsp3) is 0.0800. The van der Waals surface area contributed by atoms with Crippen molar-refractivity contribution >= 4 is 149 Å². The number of benzene rings is 8. The van der Waals surface area contributed by atoms with E-state index in [1.807, 2.05) is 0 Å². The molecule has 2 amide bonds. The molecule has 0 fully saturated rings. The van der Waals surface area contributed by atoms with Crippen LogP contribution in [0.3, 0.4) is 0 Å². The molecule has 368 valence electrons. The van der Waals surface area contributed by atoms with E-state index in [-0.39, 0.29) is 81.7 Å². The molecule has 0 saturated heterocycles. The number of carbonyl (C=O) groups excluding carboxylic acids is 2. The van der Waals surface area contributed by atoms with Crippen LogP contribution in [-0.4, -0.2) is 94.8 Å². The summed E-state index contributed by atoms with van der Waals surface area (Å²) in [6.07, 6.45) is 0. The molecule has 0 saturated carbocycles. The van der Waals surface area contributed by atoms with Gasteiger partial charge in [0.2, 0.25) is 0 Å². The Balaban J connectivity index is 0.000000235. The van der Waals surface area contributed by atoms with Gasteiger partial charge >= 0.3 is 37.7 Å². The number of nitrogens with zero attached hydrogens (tertiary/aromatic N) is 4. The molecule has 0 aliphatic carbocycles. The number of aryl methyl sites for hydroxylation is 2. The Morgan fingerprint density at radius 2 is 1.00 bits per heavy atom. The molecule has 73 heavy (non-hydrogen) atoms. The molecule has 0 heterocycles. The number of nitrogens with one attached hydrogen (secondary N) is 2. The van der Waals surface area contributed by atoms with Gasteiger partial charge in [0.1, 0.15) is 43.6 Å². The number of hydrogen-bond donors (Lipinski definition) is 4. The quantitative estimate of drug-likeness (QED) is 0.0505. The zero-order valence-electron chi connectivity index (χ0n) is 38.7. The number of ether oxygens (including phenoxy) is 2. The second-order valence-electron chi connectivity index (χ2n) is 15.5. The van der Waals surface area contributed by atoms with Crippen LogP contribution >= 0.6 is 23.2 Å². The van der Waals surface area contributed by atoms with E-state index in [2.05, 4.69) is 31.1 Å². The first-order valence-corrected chi connectivity index (χ1v) is 24.5. The van der Waals surface area contributed by atoms with E-state index in [1.165, 1.54) is 38.5 Å². The summed E-state index contributed by atoms with van der Waals surface area (Å²) in [5, 5.41) is 47.8. The number of amides is 2. The van der Waals surface area contributed by atoms with Gasteiger partial charge in [-0.1, -0.05) is 77.5 Å². The minimum absolute atomic E-state index is 0. The number of phenolic OH excluding ortho intramolecular Hbond substituents is 1. The third kappa shape index (κ3) is 13.1. The number of aromatic hydroxyl groups is 1. The molecule has 8 aromatic rings. The normalized spacial score (nSPS) is 11.5. The topological polar surface area (TPSA) is 281 Å². The van der Waals surface area contributed by atoms with Crippen molar-refractivity contribution < 1.29 is 55.2 Å². The van der Waals surface area contributed by atoms with Gasteiger partial charge in [-0.25, -0.2) is 8.42 Å². The Morgan fingerprint density at radius 1 is 0.589 bits per heavy atom. The van der Waals surface area contributed by atoms with Crippen molar-refractivity contribution in [2.24, 2.45) is 20.5 Å². The average Bonchev–Trinajstić information content (AvgIpc) is 3.34. The zero-order chi connectivity index (χ0) is 52.1. The average molecular weight is 1090 g/mol. The predicted octanol–water partition coefficient (Wildman–Crippen LogP) is 11.5. The van der Waals surface area contributed by atoms with Gasteiger partial charge < -0.3 is 34.9 Å². The molecule has 4 N–H and O–H groups in total. The van der Waals surface area contributed by atoms with Crippen LogP contribution in [0.25, 0.3) is 21.5 Å². The van der Waals surface area contributed by atoms with Crippen molar-refractivity contribution in [2.45, 2.75) is 23.6 Å². The van der Waals surface area contributed by atoms with Gasteiger partial charge in [-0.2, -0.15) is 13.5 Å². The Bertz CT molecular complexity index is 3490. The Labute approximate surface area is 457 Å². The molecule has 8 rings (SSSR count). The van der Waals surface area contributed by atoms with E-state index < -0.39 is 53.3 Å². The van der Waals surface area contributed by atoms with Crippen molar-refractivity contribution in [1.29, 1.82) is 0 Å². The molecule has 0 radical (unpaired) electrons. The van der Waals surface area contributed by atoms with Crippen LogP contribution in [0.4, 0.5) is 34.1 Å². The van der Waals surface area contributed by atoms with E-state index in [0.717, 1.165) is 12.1 Å². The third-order valence-electron chi connectivity index (χ3n) is 10.7. The molecular weight excluding hydrogens is 1050 g/mol. The van der Waals surface area contributed by atoms with Gasteiger partial charge in [-0.15, -0.1) is 15.3 Å². The summed E-state index contributed by atoms with van der Waals surface area (Å²) in [6.45, 7) is 3.23. The van der Waals surface area contributed by atoms with E-state index in [0.29, 0.717) is 55.5 Å². The minimum Gasteiger partial charge on any atom is -0.870 e. The molecule has 8 aromatic carbocycles. The Hall–Kier alpha value is -6.72. The van der Waals surface area contributed by atoms with Gasteiger partial charge in [0.15, 0.2) is 5.75 Å². The Morgan fingerprint density at radius 3 is 1.47 bits per heavy atom. The van der Waals surface area contributed by atoms with Crippen LogP contribution in [0.5, 0.6) is 23.0 Å². The van der Waals surface area contributed by atoms with E-state index >= 15 is 0 Å². The molecule has 23 heteroatoms. The largest absolute Gasteiger partial charge is 2.00 e. The summed E-state index contributed by atoms with van der Waals surface area (Å²) in [4.78, 5) is 24.8. The van der Waals surface area contributed by atoms with Crippen molar-refractivity contribution in [3.63, 3.8) is 0 Å². The van der Waals surface area contributed by atoms with Crippen LogP contribution in [0.2, 0.25) is 10.0 Å². The number of fused-ring (bicyclic) bond motifs is 2. The van der Waals surface area contributed by atoms with Crippen LogP contribution in [0, 0.1) is 13.8 Å². The maximum Gasteiger partial charge on any atom is 2.00 e. The molecule has 18 nitrogen and oxygen atoms in total. The maximum atomic E-state index is 13.3. The standard InChI is InChI=1S/2C25H20ClN3O6S.Ca/c2*1-14-11-21(22(13-20(14)26)36(32,33)34)28-29-23-18-6-4-3-5-15(18)12-19(24(23)30)25(31)27-16-7-9-17(35-2)10-8-16;/h2*3-13,30H,1-2H3,(H,27,31)(H,32,33,34);/q;;+2/p-2. The number of rotatable bonds is 12. The summed E-state index contributed by atoms with van der Waals surface area (Å²) in [7, 11) is -6.55. The minimum atomic E-state index is -4.93. The van der Waals surface area contributed by atoms with Crippen molar-refractivity contribution in [3.05, 3.63) is 166 Å². The first kappa shape index (κ1) is 55.6. The van der Waals surface area contributed by atoms with E-state index in [9.17, 15) is 45.7 Å². The smallest absolute Gasteiger partial charge is 0.870 e. The second kappa shape index (κ2) is 23.4. The van der Waals surface area contributed by atoms with Crippen molar-refractivity contribution in [1.82, 2.24) is 0 Å². The number of carbonyl (C=O) groups is 2. The number of methoxy groups -OCH3 is 2. The van der Waals surface area contributed by atoms with Crippen molar-refractivity contribution in [3.8, 4) is 23.0 Å². The second-order valence-corrected chi connectivity index (χ2v) is 19.1. The zero-order valence-corrected chi connectivity index (χ0v) is 44.1. The molecule has 0 aromatic heterocycles. The monoisotopic (exact) mass is 1090 g/mol. The summed E-state index contributed by atoms with van der Waals surface area (Å²) in [6, 6.07) is 34.4. The van der Waals surface area contributed by atoms with Gasteiger partial charge in [0.05, 0.1) is 30.4 Å². The maximum absolute atomic E-state index is 13.3. The SMILES string of the molecule is COc1ccc(NC(=O)c2cc3ccccc3c(N=Nc3cc(C)c(Cl)cc3S(=O)(=O)O)c2O)cc1.COc1ccc(NC(=O)c2cc3ccccc3c(N=Nc3cc(C)c(Cl)cc3S(=O)(=O)[O-])c2[O-])cc1.[Ca+2]. The fourth-order valence-electron chi connectivity index (χ4n) is 6.98. The molecule has 0 bridgehead atoms. The van der Waals surface area contributed by atoms with Gasteiger partial charge in [0, 0.05) is 37.8 Å². The first-order chi connectivity index (χ1) is 34.2. The van der Waals surface area contributed by atoms with Gasteiger partial charge in [-0.3, -0.25) is 14.1 Å². The van der Waals surface area contributed by atoms with Crippen LogP contribution in [0.1, 0.15) is 31.8 Å². The number of phenols is 1. The summed E-state index contributed by atoms with van der Waals surface area (Å²) < 4.78 is 78.7. The number of halogens is 2. The van der Waals surface area contributed by atoms with Crippen LogP contribution in [0.15, 0.2) is 164 Å².